The quantitative estimate of drug-likeness (QED) is 0.443. The Morgan fingerprint density at radius 2 is 0.655 bits per heavy atom. The first kappa shape index (κ1) is 37.2. The third-order valence-corrected chi connectivity index (χ3v) is 2.09. The summed E-state index contributed by atoms with van der Waals surface area (Å²) in [6.07, 6.45) is 8.03. The molecule has 0 radical (unpaired) electrons. The van der Waals surface area contributed by atoms with Gasteiger partial charge in [0.15, 0.2) is 0 Å². The van der Waals surface area contributed by atoms with E-state index in [0.29, 0.717) is 0 Å². The molecule has 2 aromatic rings. The zero-order valence-corrected chi connectivity index (χ0v) is 20.6. The number of hydrogen-bond acceptors (Lipinski definition) is 0. The number of hydrogen-bond donors (Lipinski definition) is 0. The van der Waals surface area contributed by atoms with Gasteiger partial charge in [-0.2, -0.15) is 0 Å². The van der Waals surface area contributed by atoms with Crippen LogP contribution in [-0.4, -0.2) is 0 Å². The molecular weight excluding hydrogens is 348 g/mol. The molecule has 164 valence electrons. The first-order valence-electron chi connectivity index (χ1n) is 10.5. The molecule has 0 aromatic heterocycles. The second-order valence-corrected chi connectivity index (χ2v) is 4.78. The summed E-state index contributed by atoms with van der Waals surface area (Å²) in [7, 11) is 0. The molecule has 0 unspecified atom stereocenters. The first-order chi connectivity index (χ1) is 14.1. The van der Waals surface area contributed by atoms with E-state index in [0.717, 1.165) is 6.42 Å². The molecule has 0 amide bonds. The molecule has 0 aliphatic carbocycles. The summed E-state index contributed by atoms with van der Waals surface area (Å²) < 4.78 is 0. The Morgan fingerprint density at radius 1 is 0.483 bits per heavy atom. The Labute approximate surface area is 184 Å². The molecule has 0 bridgehead atoms. The Balaban J connectivity index is -0.000000101. The zero-order valence-electron chi connectivity index (χ0n) is 20.6. The van der Waals surface area contributed by atoms with E-state index in [-0.39, 0.29) is 0 Å². The standard InChI is InChI=1S/C13H12.4C3H6.2C2H6/c1-3-7-12(8-4-1)11-13-9-5-2-6-10-13;4*1-3-2;2*1-2/h1-10H,11H2;4*3H,1H2,2H3;2*1-2H3. The van der Waals surface area contributed by atoms with Crippen LogP contribution in [-0.2, 0) is 6.42 Å². The maximum Gasteiger partial charge on any atom is -0.00258 e. The van der Waals surface area contributed by atoms with E-state index in [2.05, 4.69) is 87.0 Å². The molecule has 0 fully saturated rings. The van der Waals surface area contributed by atoms with Gasteiger partial charge in [-0.15, -0.1) is 26.3 Å². The Morgan fingerprint density at radius 3 is 0.828 bits per heavy atom. The molecule has 0 N–H and O–H groups in total. The van der Waals surface area contributed by atoms with E-state index in [1.54, 1.807) is 24.3 Å². The second kappa shape index (κ2) is 44.7. The fourth-order valence-corrected chi connectivity index (χ4v) is 1.43. The lowest BCUT2D eigenvalue weighted by Gasteiger charge is -2.00. The largest absolute Gasteiger partial charge is 0.103 e. The van der Waals surface area contributed by atoms with E-state index >= 15 is 0 Å². The van der Waals surface area contributed by atoms with Crippen molar-refractivity contribution in [3.05, 3.63) is 122 Å². The average molecular weight is 397 g/mol. The summed E-state index contributed by atoms with van der Waals surface area (Å²) in [5, 5.41) is 0. The maximum absolute atomic E-state index is 3.36. The molecular formula is C29H48. The van der Waals surface area contributed by atoms with Gasteiger partial charge in [0.1, 0.15) is 0 Å². The van der Waals surface area contributed by atoms with E-state index in [1.165, 1.54) is 11.1 Å². The van der Waals surface area contributed by atoms with Crippen LogP contribution in [0.3, 0.4) is 0 Å². The minimum atomic E-state index is 1.03. The van der Waals surface area contributed by atoms with Gasteiger partial charge in [-0.1, -0.05) is 113 Å². The van der Waals surface area contributed by atoms with Gasteiger partial charge in [-0.3, -0.25) is 0 Å². The van der Waals surface area contributed by atoms with Crippen LogP contribution in [0.2, 0.25) is 0 Å². The summed E-state index contributed by atoms with van der Waals surface area (Å²) in [5.41, 5.74) is 2.74. The molecule has 0 heteroatoms. The summed E-state index contributed by atoms with van der Waals surface area (Å²) in [6.45, 7) is 29.0. The van der Waals surface area contributed by atoms with Gasteiger partial charge in [0.25, 0.3) is 0 Å². The van der Waals surface area contributed by atoms with Crippen molar-refractivity contribution < 1.29 is 0 Å². The van der Waals surface area contributed by atoms with Crippen LogP contribution in [0, 0.1) is 0 Å². The summed E-state index contributed by atoms with van der Waals surface area (Å²) in [6, 6.07) is 21.1. The van der Waals surface area contributed by atoms with Gasteiger partial charge in [0, 0.05) is 0 Å². The lowest BCUT2D eigenvalue weighted by atomic mass is 10.1. The van der Waals surface area contributed by atoms with E-state index in [1.807, 2.05) is 55.4 Å². The minimum absolute atomic E-state index is 1.03. The SMILES string of the molecule is C=CC.C=CC.C=CC.C=CC.CC.CC.c1ccc(Cc2ccccc2)cc1. The van der Waals surface area contributed by atoms with Crippen molar-refractivity contribution in [1.29, 1.82) is 0 Å². The van der Waals surface area contributed by atoms with Gasteiger partial charge in [0.05, 0.1) is 0 Å². The Hall–Kier alpha value is -2.60. The summed E-state index contributed by atoms with van der Waals surface area (Å²) in [4.78, 5) is 0. The summed E-state index contributed by atoms with van der Waals surface area (Å²) >= 11 is 0. The third-order valence-electron chi connectivity index (χ3n) is 2.09. The van der Waals surface area contributed by atoms with Crippen LogP contribution < -0.4 is 0 Å². The smallest absolute Gasteiger partial charge is 0.00258 e. The molecule has 0 spiro atoms. The van der Waals surface area contributed by atoms with Gasteiger partial charge in [-0.05, 0) is 45.2 Å². The highest BCUT2D eigenvalue weighted by molar-refractivity contribution is 5.25. The number of allylic oxidation sites excluding steroid dienone is 4. The highest BCUT2D eigenvalue weighted by Crippen LogP contribution is 2.07. The number of rotatable bonds is 2. The topological polar surface area (TPSA) is 0 Å². The molecule has 2 rings (SSSR count). The fourth-order valence-electron chi connectivity index (χ4n) is 1.43. The molecule has 0 aliphatic rings. The van der Waals surface area contributed by atoms with Crippen molar-refractivity contribution in [3.8, 4) is 0 Å². The van der Waals surface area contributed by atoms with Gasteiger partial charge >= 0.3 is 0 Å². The van der Waals surface area contributed by atoms with E-state index in [9.17, 15) is 0 Å². The third kappa shape index (κ3) is 45.9. The zero-order chi connectivity index (χ0) is 23.8. The normalized spacial score (nSPS) is 6.62. The molecule has 0 nitrogen and oxygen atoms in total. The van der Waals surface area contributed by atoms with Crippen LogP contribution in [0.1, 0.15) is 66.5 Å². The van der Waals surface area contributed by atoms with Crippen molar-refractivity contribution in [2.75, 3.05) is 0 Å². The predicted molar refractivity (Wildman–Crippen MR) is 142 cm³/mol. The van der Waals surface area contributed by atoms with E-state index in [4.69, 9.17) is 0 Å². The van der Waals surface area contributed by atoms with Crippen LogP contribution in [0.25, 0.3) is 0 Å². The molecule has 0 atom stereocenters. The molecule has 0 saturated carbocycles. The van der Waals surface area contributed by atoms with Crippen LogP contribution >= 0.6 is 0 Å². The van der Waals surface area contributed by atoms with Crippen molar-refractivity contribution in [3.63, 3.8) is 0 Å². The van der Waals surface area contributed by atoms with Gasteiger partial charge in [-0.25, -0.2) is 0 Å². The van der Waals surface area contributed by atoms with Crippen molar-refractivity contribution in [2.24, 2.45) is 0 Å². The predicted octanol–water partition coefficient (Wildman–Crippen LogP) is 10.1. The van der Waals surface area contributed by atoms with Crippen molar-refractivity contribution in [2.45, 2.75) is 61.8 Å². The highest BCUT2D eigenvalue weighted by Gasteiger charge is 1.92. The molecule has 0 heterocycles. The van der Waals surface area contributed by atoms with E-state index < -0.39 is 0 Å². The Bertz CT molecular complexity index is 445. The molecule has 2 aromatic carbocycles. The lowest BCUT2D eigenvalue weighted by Crippen LogP contribution is -1.85. The van der Waals surface area contributed by atoms with Crippen LogP contribution in [0.4, 0.5) is 0 Å². The maximum atomic E-state index is 3.36. The lowest BCUT2D eigenvalue weighted by molar-refractivity contribution is 1.19. The second-order valence-electron chi connectivity index (χ2n) is 4.78. The van der Waals surface area contributed by atoms with Crippen molar-refractivity contribution >= 4 is 0 Å². The highest BCUT2D eigenvalue weighted by atomic mass is 14.0. The fraction of sp³-hybridized carbons (Fsp3) is 0.310. The average Bonchev–Trinajstić information content (AvgIpc) is 2.75. The Kier molecular flexibility index (Phi) is 57.3. The minimum Gasteiger partial charge on any atom is -0.103 e. The van der Waals surface area contributed by atoms with Crippen LogP contribution in [0.5, 0.6) is 0 Å². The monoisotopic (exact) mass is 396 g/mol. The van der Waals surface area contributed by atoms with Crippen molar-refractivity contribution in [1.82, 2.24) is 0 Å². The first-order valence-corrected chi connectivity index (χ1v) is 10.5. The molecule has 0 aliphatic heterocycles. The van der Waals surface area contributed by atoms with Crippen LogP contribution in [0.15, 0.2) is 111 Å². The molecule has 29 heavy (non-hydrogen) atoms. The summed E-state index contributed by atoms with van der Waals surface area (Å²) in [5.74, 6) is 0. The molecule has 0 saturated heterocycles. The van der Waals surface area contributed by atoms with Gasteiger partial charge < -0.3 is 0 Å². The van der Waals surface area contributed by atoms with Gasteiger partial charge in [0.2, 0.25) is 0 Å². The number of benzene rings is 2.